The van der Waals surface area contributed by atoms with E-state index in [2.05, 4.69) is 17.1 Å². The van der Waals surface area contributed by atoms with E-state index in [4.69, 9.17) is 4.74 Å². The first-order valence-corrected chi connectivity index (χ1v) is 7.98. The van der Waals surface area contributed by atoms with Crippen molar-refractivity contribution in [1.29, 1.82) is 0 Å². The third kappa shape index (κ3) is 2.89. The zero-order valence-electron chi connectivity index (χ0n) is 11.7. The van der Waals surface area contributed by atoms with Crippen molar-refractivity contribution in [2.24, 2.45) is 0 Å². The molecule has 0 aromatic carbocycles. The van der Waals surface area contributed by atoms with E-state index < -0.39 is 0 Å². The second-order valence-electron chi connectivity index (χ2n) is 6.38. The van der Waals surface area contributed by atoms with Crippen molar-refractivity contribution in [3.8, 4) is 0 Å². The molecule has 3 nitrogen and oxygen atoms in total. The average molecular weight is 252 g/mol. The van der Waals surface area contributed by atoms with Gasteiger partial charge in [0.1, 0.15) is 0 Å². The van der Waals surface area contributed by atoms with E-state index in [0.717, 1.165) is 12.1 Å². The lowest BCUT2D eigenvalue weighted by atomic mass is 9.89. The van der Waals surface area contributed by atoms with Gasteiger partial charge >= 0.3 is 0 Å². The average Bonchev–Trinajstić information content (AvgIpc) is 2.75. The molecule has 4 atom stereocenters. The summed E-state index contributed by atoms with van der Waals surface area (Å²) in [6.07, 6.45) is 10.5. The number of hydrogen-bond acceptors (Lipinski definition) is 3. The molecule has 18 heavy (non-hydrogen) atoms. The van der Waals surface area contributed by atoms with Gasteiger partial charge in [-0.2, -0.15) is 0 Å². The van der Waals surface area contributed by atoms with Crippen molar-refractivity contribution in [3.05, 3.63) is 0 Å². The fourth-order valence-electron chi connectivity index (χ4n) is 3.97. The highest BCUT2D eigenvalue weighted by Gasteiger charge is 2.37. The molecule has 1 saturated carbocycles. The van der Waals surface area contributed by atoms with Gasteiger partial charge in [0.05, 0.1) is 12.2 Å². The first-order valence-electron chi connectivity index (χ1n) is 7.98. The minimum Gasteiger partial charge on any atom is -0.372 e. The Balaban J connectivity index is 1.52. The van der Waals surface area contributed by atoms with Crippen LogP contribution in [0.4, 0.5) is 0 Å². The summed E-state index contributed by atoms with van der Waals surface area (Å²) in [5, 5.41) is 3.72. The fraction of sp³-hybridized carbons (Fsp3) is 1.00. The Morgan fingerprint density at radius 2 is 1.89 bits per heavy atom. The summed E-state index contributed by atoms with van der Waals surface area (Å²) in [6.45, 7) is 5.84. The molecule has 1 N–H and O–H groups in total. The van der Waals surface area contributed by atoms with E-state index in [0.29, 0.717) is 12.2 Å². The van der Waals surface area contributed by atoms with Crippen LogP contribution in [-0.4, -0.2) is 48.8 Å². The van der Waals surface area contributed by atoms with Gasteiger partial charge in [-0.1, -0.05) is 13.3 Å². The second-order valence-corrected chi connectivity index (χ2v) is 6.38. The van der Waals surface area contributed by atoms with Gasteiger partial charge in [-0.15, -0.1) is 0 Å². The van der Waals surface area contributed by atoms with Gasteiger partial charge in [-0.3, -0.25) is 4.90 Å². The number of nitrogens with one attached hydrogen (secondary N) is 1. The molecule has 104 valence electrons. The molecule has 3 rings (SSSR count). The first kappa shape index (κ1) is 12.9. The van der Waals surface area contributed by atoms with Crippen molar-refractivity contribution in [3.63, 3.8) is 0 Å². The minimum absolute atomic E-state index is 0.549. The molecule has 0 amide bonds. The lowest BCUT2D eigenvalue weighted by Crippen LogP contribution is -2.51. The number of nitrogens with zero attached hydrogens (tertiary/aromatic N) is 1. The topological polar surface area (TPSA) is 24.5 Å². The summed E-state index contributed by atoms with van der Waals surface area (Å²) in [5.74, 6) is 0. The van der Waals surface area contributed by atoms with Crippen molar-refractivity contribution < 1.29 is 4.74 Å². The summed E-state index contributed by atoms with van der Waals surface area (Å²) in [7, 11) is 0. The van der Waals surface area contributed by atoms with Crippen molar-refractivity contribution >= 4 is 0 Å². The highest BCUT2D eigenvalue weighted by atomic mass is 16.5. The second kappa shape index (κ2) is 5.89. The molecule has 0 spiro atoms. The summed E-state index contributed by atoms with van der Waals surface area (Å²) in [4.78, 5) is 2.74. The van der Waals surface area contributed by atoms with Gasteiger partial charge < -0.3 is 10.1 Å². The Morgan fingerprint density at radius 3 is 2.61 bits per heavy atom. The molecule has 0 aromatic rings. The van der Waals surface area contributed by atoms with Gasteiger partial charge in [-0.25, -0.2) is 0 Å². The fourth-order valence-corrected chi connectivity index (χ4v) is 3.97. The van der Waals surface area contributed by atoms with Crippen LogP contribution in [0.25, 0.3) is 0 Å². The zero-order chi connectivity index (χ0) is 12.4. The van der Waals surface area contributed by atoms with E-state index in [1.165, 1.54) is 64.6 Å². The molecule has 4 unspecified atom stereocenters. The summed E-state index contributed by atoms with van der Waals surface area (Å²) < 4.78 is 5.95. The maximum atomic E-state index is 5.95. The standard InChI is InChI=1S/C15H28N2O/c1-2-8-16-12-4-3-5-13(9-12)17-10-14-6-7-15(11-17)18-14/h12-16H,2-11H2,1H3. The van der Waals surface area contributed by atoms with Gasteiger partial charge in [0.15, 0.2) is 0 Å². The molecule has 2 saturated heterocycles. The first-order chi connectivity index (χ1) is 8.85. The van der Waals surface area contributed by atoms with E-state index >= 15 is 0 Å². The van der Waals surface area contributed by atoms with Gasteiger partial charge in [0.2, 0.25) is 0 Å². The lowest BCUT2D eigenvalue weighted by molar-refractivity contribution is -0.0588. The van der Waals surface area contributed by atoms with Crippen LogP contribution in [0.15, 0.2) is 0 Å². The van der Waals surface area contributed by atoms with Crippen molar-refractivity contribution in [2.75, 3.05) is 19.6 Å². The molecule has 3 fully saturated rings. The Labute approximate surface area is 111 Å². The number of likely N-dealkylation sites (tertiary alicyclic amines) is 1. The third-order valence-corrected chi connectivity index (χ3v) is 4.92. The summed E-state index contributed by atoms with van der Waals surface area (Å²) in [5.41, 5.74) is 0. The van der Waals surface area contributed by atoms with E-state index in [1.54, 1.807) is 0 Å². The summed E-state index contributed by atoms with van der Waals surface area (Å²) in [6, 6.07) is 1.59. The molecule has 2 bridgehead atoms. The zero-order valence-corrected chi connectivity index (χ0v) is 11.7. The van der Waals surface area contributed by atoms with E-state index in [-0.39, 0.29) is 0 Å². The van der Waals surface area contributed by atoms with Crippen LogP contribution in [0.5, 0.6) is 0 Å². The molecule has 1 aliphatic carbocycles. The molecule has 2 heterocycles. The molecule has 3 aliphatic rings. The van der Waals surface area contributed by atoms with Crippen LogP contribution >= 0.6 is 0 Å². The van der Waals surface area contributed by atoms with Crippen LogP contribution in [0.2, 0.25) is 0 Å². The molecule has 0 radical (unpaired) electrons. The maximum Gasteiger partial charge on any atom is 0.0707 e. The number of rotatable bonds is 4. The number of hydrogen-bond donors (Lipinski definition) is 1. The Morgan fingerprint density at radius 1 is 1.11 bits per heavy atom. The largest absolute Gasteiger partial charge is 0.372 e. The smallest absolute Gasteiger partial charge is 0.0707 e. The third-order valence-electron chi connectivity index (χ3n) is 4.92. The molecular weight excluding hydrogens is 224 g/mol. The van der Waals surface area contributed by atoms with Crippen LogP contribution in [-0.2, 0) is 4.74 Å². The van der Waals surface area contributed by atoms with Crippen LogP contribution in [0.3, 0.4) is 0 Å². The van der Waals surface area contributed by atoms with Gasteiger partial charge in [0, 0.05) is 25.2 Å². The minimum atomic E-state index is 0.549. The maximum absolute atomic E-state index is 5.95. The number of ether oxygens (including phenoxy) is 1. The summed E-state index contributed by atoms with van der Waals surface area (Å²) >= 11 is 0. The predicted octanol–water partition coefficient (Wildman–Crippen LogP) is 2.16. The predicted molar refractivity (Wildman–Crippen MR) is 73.8 cm³/mol. The quantitative estimate of drug-likeness (QED) is 0.830. The molecule has 3 heteroatoms. The molecule has 0 aromatic heterocycles. The van der Waals surface area contributed by atoms with Crippen LogP contribution in [0, 0.1) is 0 Å². The molecule has 2 aliphatic heterocycles. The van der Waals surface area contributed by atoms with Crippen LogP contribution < -0.4 is 5.32 Å². The highest BCUT2D eigenvalue weighted by molar-refractivity contribution is 4.91. The number of morpholine rings is 1. The van der Waals surface area contributed by atoms with E-state index in [9.17, 15) is 0 Å². The van der Waals surface area contributed by atoms with Gasteiger partial charge in [-0.05, 0) is 45.1 Å². The molecular formula is C15H28N2O. The Bertz CT molecular complexity index is 259. The van der Waals surface area contributed by atoms with Crippen LogP contribution in [0.1, 0.15) is 51.9 Å². The van der Waals surface area contributed by atoms with E-state index in [1.807, 2.05) is 0 Å². The normalized spacial score (nSPS) is 41.2. The van der Waals surface area contributed by atoms with Crippen molar-refractivity contribution in [1.82, 2.24) is 10.2 Å². The Hall–Kier alpha value is -0.120. The lowest BCUT2D eigenvalue weighted by Gasteiger charge is -2.41. The Kier molecular flexibility index (Phi) is 4.22. The highest BCUT2D eigenvalue weighted by Crippen LogP contribution is 2.31. The monoisotopic (exact) mass is 252 g/mol. The van der Waals surface area contributed by atoms with Gasteiger partial charge in [0.25, 0.3) is 0 Å². The number of fused-ring (bicyclic) bond motifs is 2. The van der Waals surface area contributed by atoms with Crippen molar-refractivity contribution in [2.45, 2.75) is 76.2 Å². The SMILES string of the molecule is CCCNC1CCCC(N2CC3CCC(C2)O3)C1.